The van der Waals surface area contributed by atoms with E-state index in [0.29, 0.717) is 17.5 Å². The molecule has 0 bridgehead atoms. The van der Waals surface area contributed by atoms with Gasteiger partial charge in [0.25, 0.3) is 0 Å². The minimum Gasteiger partial charge on any atom is -0.247 e. The molecule has 0 aliphatic rings. The van der Waals surface area contributed by atoms with Crippen LogP contribution in [0, 0.1) is 0 Å². The Morgan fingerprint density at radius 3 is 1.26 bits per heavy atom. The molecule has 214 valence electrons. The van der Waals surface area contributed by atoms with E-state index in [2.05, 4.69) is 91.0 Å². The van der Waals surface area contributed by atoms with E-state index in [9.17, 15) is 0 Å². The highest BCUT2D eigenvalue weighted by Crippen LogP contribution is 2.43. The molecule has 0 fully saturated rings. The van der Waals surface area contributed by atoms with Crippen LogP contribution in [0.2, 0.25) is 0 Å². The summed E-state index contributed by atoms with van der Waals surface area (Å²) in [6.07, 6.45) is 0. The van der Waals surface area contributed by atoms with Gasteiger partial charge in [0, 0.05) is 38.4 Å². The first-order valence-electron chi connectivity index (χ1n) is 15.4. The van der Waals surface area contributed by atoms with E-state index < -0.39 is 0 Å². The predicted molar refractivity (Wildman–Crippen MR) is 189 cm³/mol. The average molecular weight is 587 g/mol. The van der Waals surface area contributed by atoms with E-state index >= 15 is 0 Å². The van der Waals surface area contributed by atoms with Gasteiger partial charge in [0.05, 0.1) is 11.2 Å². The first-order chi connectivity index (χ1) is 22.8. The summed E-state index contributed by atoms with van der Waals surface area (Å²) < 4.78 is 0. The zero-order valence-corrected chi connectivity index (χ0v) is 24.8. The predicted octanol–water partition coefficient (Wildman–Crippen LogP) is 10.5. The summed E-state index contributed by atoms with van der Waals surface area (Å²) in [5.74, 6) is 1.89. The van der Waals surface area contributed by atoms with E-state index in [-0.39, 0.29) is 0 Å². The normalized spacial score (nSPS) is 11.5. The topological polar surface area (TPSA) is 51.6 Å². The van der Waals surface area contributed by atoms with Crippen molar-refractivity contribution >= 4 is 43.2 Å². The first-order valence-corrected chi connectivity index (χ1v) is 15.4. The van der Waals surface area contributed by atoms with Crippen LogP contribution in [0.3, 0.4) is 0 Å². The molecule has 46 heavy (non-hydrogen) atoms. The number of rotatable bonds is 4. The molecule has 0 saturated heterocycles. The van der Waals surface area contributed by atoms with Gasteiger partial charge in [-0.15, -0.1) is 0 Å². The molecule has 0 saturated carbocycles. The molecule has 9 rings (SSSR count). The Hall–Kier alpha value is -6.26. The number of pyridine rings is 1. The molecule has 0 aliphatic carbocycles. The maximum Gasteiger partial charge on any atom is 0.164 e. The molecule has 0 spiro atoms. The number of hydrogen-bond acceptors (Lipinski definition) is 4. The summed E-state index contributed by atoms with van der Waals surface area (Å²) >= 11 is 0. The van der Waals surface area contributed by atoms with Gasteiger partial charge in [-0.25, -0.2) is 19.9 Å². The van der Waals surface area contributed by atoms with Crippen molar-refractivity contribution in [3.05, 3.63) is 158 Å². The van der Waals surface area contributed by atoms with Gasteiger partial charge < -0.3 is 0 Å². The second kappa shape index (κ2) is 10.7. The van der Waals surface area contributed by atoms with Gasteiger partial charge in [0.2, 0.25) is 0 Å². The SMILES string of the molecule is c1ccc(-c2nc(-c3ccccc3)nc(-c3ccc4c(c3)nc(-c3ccccc3)c3c5ccccc5c5ccccc5c43)n2)cc1. The second-order valence-corrected chi connectivity index (χ2v) is 11.4. The second-order valence-electron chi connectivity index (χ2n) is 11.4. The average Bonchev–Trinajstić information content (AvgIpc) is 3.15. The third-order valence-corrected chi connectivity index (χ3v) is 8.67. The molecule has 4 nitrogen and oxygen atoms in total. The lowest BCUT2D eigenvalue weighted by Crippen LogP contribution is -2.00. The first kappa shape index (κ1) is 26.2. The van der Waals surface area contributed by atoms with Crippen LogP contribution in [0.4, 0.5) is 0 Å². The highest BCUT2D eigenvalue weighted by molar-refractivity contribution is 6.33. The molecule has 2 heterocycles. The minimum atomic E-state index is 0.612. The molecule has 9 aromatic rings. The van der Waals surface area contributed by atoms with E-state index in [4.69, 9.17) is 19.9 Å². The number of hydrogen-bond donors (Lipinski definition) is 0. The van der Waals surface area contributed by atoms with Crippen molar-refractivity contribution in [1.82, 2.24) is 19.9 Å². The Morgan fingerprint density at radius 2 is 0.717 bits per heavy atom. The van der Waals surface area contributed by atoms with Crippen LogP contribution in [0.1, 0.15) is 0 Å². The Kier molecular flexibility index (Phi) is 6.10. The molecule has 0 aliphatic heterocycles. The summed E-state index contributed by atoms with van der Waals surface area (Å²) in [5, 5.41) is 8.35. The van der Waals surface area contributed by atoms with E-state index in [1.807, 2.05) is 66.7 Å². The Labute approximate surface area is 265 Å². The zero-order chi connectivity index (χ0) is 30.5. The molecule has 0 atom stereocenters. The maximum atomic E-state index is 5.41. The van der Waals surface area contributed by atoms with E-state index in [1.165, 1.54) is 32.3 Å². The maximum absolute atomic E-state index is 5.41. The fourth-order valence-corrected chi connectivity index (χ4v) is 6.56. The van der Waals surface area contributed by atoms with Crippen molar-refractivity contribution in [2.75, 3.05) is 0 Å². The zero-order valence-electron chi connectivity index (χ0n) is 24.8. The number of nitrogens with zero attached hydrogens (tertiary/aromatic N) is 4. The molecule has 0 N–H and O–H groups in total. The Balaban J connectivity index is 1.36. The van der Waals surface area contributed by atoms with E-state index in [1.54, 1.807) is 0 Å². The van der Waals surface area contributed by atoms with Gasteiger partial charge in [-0.2, -0.15) is 0 Å². The molecule has 0 radical (unpaired) electrons. The molecule has 0 amide bonds. The Morgan fingerprint density at radius 1 is 0.283 bits per heavy atom. The van der Waals surface area contributed by atoms with Crippen molar-refractivity contribution < 1.29 is 0 Å². The number of fused-ring (bicyclic) bond motifs is 8. The molecule has 4 heteroatoms. The number of benzene rings is 7. The lowest BCUT2D eigenvalue weighted by Gasteiger charge is -2.17. The standard InChI is InChI=1S/C42H26N4/c1-4-14-27(15-5-1)39-38-34-23-13-11-21-32(34)31-20-10-12-22-33(31)37(38)35-25-24-30(26-36(35)43-39)42-45-40(28-16-6-2-7-17-28)44-41(46-42)29-18-8-3-9-19-29/h1-26H. The van der Waals surface area contributed by atoms with Crippen LogP contribution >= 0.6 is 0 Å². The summed E-state index contributed by atoms with van der Waals surface area (Å²) in [6, 6.07) is 54.4. The van der Waals surface area contributed by atoms with Crippen LogP contribution in [-0.2, 0) is 0 Å². The van der Waals surface area contributed by atoms with Crippen molar-refractivity contribution in [3.8, 4) is 45.4 Å². The molecular formula is C42H26N4. The fraction of sp³-hybridized carbons (Fsp3) is 0. The lowest BCUT2D eigenvalue weighted by atomic mass is 9.89. The smallest absolute Gasteiger partial charge is 0.164 e. The van der Waals surface area contributed by atoms with Gasteiger partial charge in [-0.05, 0) is 27.6 Å². The van der Waals surface area contributed by atoms with Crippen LogP contribution < -0.4 is 0 Å². The third kappa shape index (κ3) is 4.31. The molecular weight excluding hydrogens is 560 g/mol. The van der Waals surface area contributed by atoms with E-state index in [0.717, 1.165) is 38.9 Å². The van der Waals surface area contributed by atoms with Crippen LogP contribution in [0.5, 0.6) is 0 Å². The van der Waals surface area contributed by atoms with Gasteiger partial charge in [0.1, 0.15) is 0 Å². The quantitative estimate of drug-likeness (QED) is 0.193. The summed E-state index contributed by atoms with van der Waals surface area (Å²) in [7, 11) is 0. The van der Waals surface area contributed by atoms with Crippen molar-refractivity contribution in [2.24, 2.45) is 0 Å². The monoisotopic (exact) mass is 586 g/mol. The van der Waals surface area contributed by atoms with Crippen molar-refractivity contribution in [3.63, 3.8) is 0 Å². The lowest BCUT2D eigenvalue weighted by molar-refractivity contribution is 1.07. The van der Waals surface area contributed by atoms with Crippen molar-refractivity contribution in [2.45, 2.75) is 0 Å². The van der Waals surface area contributed by atoms with Crippen LogP contribution in [-0.4, -0.2) is 19.9 Å². The number of aromatic nitrogens is 4. The summed E-state index contributed by atoms with van der Waals surface area (Å²) in [4.78, 5) is 20.3. The van der Waals surface area contributed by atoms with Gasteiger partial charge >= 0.3 is 0 Å². The molecule has 0 unspecified atom stereocenters. The highest BCUT2D eigenvalue weighted by atomic mass is 15.0. The third-order valence-electron chi connectivity index (χ3n) is 8.67. The molecule has 2 aromatic heterocycles. The van der Waals surface area contributed by atoms with Crippen molar-refractivity contribution in [1.29, 1.82) is 0 Å². The van der Waals surface area contributed by atoms with Gasteiger partial charge in [-0.3, -0.25) is 0 Å². The fourth-order valence-electron chi connectivity index (χ4n) is 6.56. The summed E-state index contributed by atoms with van der Waals surface area (Å²) in [5.41, 5.74) is 5.72. The minimum absolute atomic E-state index is 0.612. The van der Waals surface area contributed by atoms with Gasteiger partial charge in [-0.1, -0.05) is 152 Å². The van der Waals surface area contributed by atoms with Crippen LogP contribution in [0.15, 0.2) is 158 Å². The largest absolute Gasteiger partial charge is 0.247 e. The van der Waals surface area contributed by atoms with Gasteiger partial charge in [0.15, 0.2) is 17.5 Å². The Bertz CT molecular complexity index is 2510. The van der Waals surface area contributed by atoms with Crippen LogP contribution in [0.25, 0.3) is 88.6 Å². The summed E-state index contributed by atoms with van der Waals surface area (Å²) in [6.45, 7) is 0. The molecule has 7 aromatic carbocycles. The highest BCUT2D eigenvalue weighted by Gasteiger charge is 2.19.